The lowest BCUT2D eigenvalue weighted by molar-refractivity contribution is 0.126. The number of benzene rings is 1. The van der Waals surface area contributed by atoms with E-state index in [-0.39, 0.29) is 0 Å². The topological polar surface area (TPSA) is 56.9 Å². The molecule has 1 aromatic rings. The van der Waals surface area contributed by atoms with Gasteiger partial charge in [0.25, 0.3) is 0 Å². The van der Waals surface area contributed by atoms with Gasteiger partial charge >= 0.3 is 0 Å². The summed E-state index contributed by atoms with van der Waals surface area (Å²) < 4.78 is 0. The van der Waals surface area contributed by atoms with Crippen molar-refractivity contribution in [1.82, 2.24) is 15.1 Å². The van der Waals surface area contributed by atoms with Gasteiger partial charge in [-0.1, -0.05) is 36.8 Å². The van der Waals surface area contributed by atoms with Gasteiger partial charge in [0.15, 0.2) is 5.96 Å². The standard InChI is InChI=1S/C21H35N5/c22-21(24-17-19-9-6-10-19)23-11-4-5-12-25-13-15-26(16-14-25)18-20-7-2-1-3-8-20/h1-3,7-8,19H,4-6,9-18H2,(H3,22,23,24). The van der Waals surface area contributed by atoms with Crippen LogP contribution < -0.4 is 11.1 Å². The second-order valence-electron chi connectivity index (χ2n) is 7.76. The Morgan fingerprint density at radius 2 is 1.77 bits per heavy atom. The fourth-order valence-corrected chi connectivity index (χ4v) is 3.65. The van der Waals surface area contributed by atoms with Gasteiger partial charge in [-0.3, -0.25) is 9.89 Å². The van der Waals surface area contributed by atoms with Crippen molar-refractivity contribution in [3.63, 3.8) is 0 Å². The summed E-state index contributed by atoms with van der Waals surface area (Å²) >= 11 is 0. The zero-order chi connectivity index (χ0) is 18.0. The minimum absolute atomic E-state index is 0.631. The Hall–Kier alpha value is -1.59. The summed E-state index contributed by atoms with van der Waals surface area (Å²) in [6.07, 6.45) is 6.41. The number of rotatable bonds is 9. The monoisotopic (exact) mass is 357 g/mol. The normalized spacial score (nSPS) is 20.1. The average molecular weight is 358 g/mol. The van der Waals surface area contributed by atoms with Gasteiger partial charge in [0.1, 0.15) is 0 Å². The number of guanidine groups is 1. The molecule has 26 heavy (non-hydrogen) atoms. The molecule has 0 unspecified atom stereocenters. The molecule has 0 aromatic heterocycles. The molecule has 3 rings (SSSR count). The summed E-state index contributed by atoms with van der Waals surface area (Å²) in [5, 5.41) is 3.26. The fourth-order valence-electron chi connectivity index (χ4n) is 3.65. The van der Waals surface area contributed by atoms with E-state index in [0.29, 0.717) is 5.96 Å². The number of aliphatic imine (C=N–C) groups is 1. The van der Waals surface area contributed by atoms with Crippen LogP contribution in [0.2, 0.25) is 0 Å². The number of unbranched alkanes of at least 4 members (excludes halogenated alkanes) is 1. The molecule has 0 atom stereocenters. The number of piperazine rings is 1. The van der Waals surface area contributed by atoms with Crippen LogP contribution in [0.4, 0.5) is 0 Å². The highest BCUT2D eigenvalue weighted by Gasteiger charge is 2.17. The molecule has 1 aliphatic heterocycles. The van der Waals surface area contributed by atoms with E-state index in [4.69, 9.17) is 5.73 Å². The Morgan fingerprint density at radius 3 is 2.46 bits per heavy atom. The van der Waals surface area contributed by atoms with Crippen LogP contribution in [0.5, 0.6) is 0 Å². The van der Waals surface area contributed by atoms with E-state index in [2.05, 4.69) is 50.4 Å². The minimum Gasteiger partial charge on any atom is -0.370 e. The predicted octanol–water partition coefficient (Wildman–Crippen LogP) is 2.29. The Morgan fingerprint density at radius 1 is 1.04 bits per heavy atom. The lowest BCUT2D eigenvalue weighted by Crippen LogP contribution is -2.46. The van der Waals surface area contributed by atoms with Crippen LogP contribution in [-0.2, 0) is 6.54 Å². The Balaban J connectivity index is 1.20. The highest BCUT2D eigenvalue weighted by Crippen LogP contribution is 2.26. The second-order valence-corrected chi connectivity index (χ2v) is 7.76. The summed E-state index contributed by atoms with van der Waals surface area (Å²) in [5.74, 6) is 1.42. The van der Waals surface area contributed by atoms with Gasteiger partial charge in [-0.05, 0) is 43.7 Å². The Bertz CT molecular complexity index is 533. The van der Waals surface area contributed by atoms with E-state index < -0.39 is 0 Å². The van der Waals surface area contributed by atoms with Crippen molar-refractivity contribution in [3.05, 3.63) is 35.9 Å². The zero-order valence-corrected chi connectivity index (χ0v) is 16.1. The molecule has 1 saturated carbocycles. The molecule has 1 heterocycles. The van der Waals surface area contributed by atoms with Gasteiger partial charge in [-0.15, -0.1) is 0 Å². The van der Waals surface area contributed by atoms with Gasteiger partial charge in [0.2, 0.25) is 0 Å². The first-order valence-corrected chi connectivity index (χ1v) is 10.3. The molecule has 1 aromatic carbocycles. The molecule has 5 nitrogen and oxygen atoms in total. The predicted molar refractivity (Wildman–Crippen MR) is 109 cm³/mol. The Labute approximate surface area is 158 Å². The fraction of sp³-hybridized carbons (Fsp3) is 0.667. The van der Waals surface area contributed by atoms with E-state index >= 15 is 0 Å². The summed E-state index contributed by atoms with van der Waals surface area (Å²) in [6, 6.07) is 10.8. The lowest BCUT2D eigenvalue weighted by atomic mass is 9.86. The number of hydrogen-bond acceptors (Lipinski definition) is 3. The van der Waals surface area contributed by atoms with E-state index in [9.17, 15) is 0 Å². The van der Waals surface area contributed by atoms with Crippen LogP contribution in [-0.4, -0.2) is 61.6 Å². The van der Waals surface area contributed by atoms with Crippen molar-refractivity contribution in [1.29, 1.82) is 0 Å². The largest absolute Gasteiger partial charge is 0.370 e. The van der Waals surface area contributed by atoms with Gasteiger partial charge in [-0.25, -0.2) is 0 Å². The van der Waals surface area contributed by atoms with Crippen LogP contribution in [0, 0.1) is 5.92 Å². The molecule has 3 N–H and O–H groups in total. The van der Waals surface area contributed by atoms with Crippen LogP contribution in [0.1, 0.15) is 37.7 Å². The number of nitrogens with one attached hydrogen (secondary N) is 1. The van der Waals surface area contributed by atoms with E-state index in [1.165, 1.54) is 64.0 Å². The smallest absolute Gasteiger partial charge is 0.188 e. The van der Waals surface area contributed by atoms with Crippen LogP contribution in [0.25, 0.3) is 0 Å². The zero-order valence-electron chi connectivity index (χ0n) is 16.1. The highest BCUT2D eigenvalue weighted by molar-refractivity contribution is 5.77. The quantitative estimate of drug-likeness (QED) is 0.404. The van der Waals surface area contributed by atoms with Crippen molar-refractivity contribution >= 4 is 5.96 Å². The molecule has 1 saturated heterocycles. The van der Waals surface area contributed by atoms with Crippen molar-refractivity contribution in [2.45, 2.75) is 38.6 Å². The van der Waals surface area contributed by atoms with Gasteiger partial charge in [0, 0.05) is 45.8 Å². The first-order chi connectivity index (χ1) is 12.8. The molecule has 5 heteroatoms. The lowest BCUT2D eigenvalue weighted by Gasteiger charge is -2.34. The number of nitrogens with zero attached hydrogens (tertiary/aromatic N) is 3. The van der Waals surface area contributed by atoms with Gasteiger partial charge in [0.05, 0.1) is 0 Å². The summed E-state index contributed by atoms with van der Waals surface area (Å²) in [5.41, 5.74) is 7.35. The molecule has 0 radical (unpaired) electrons. The Kier molecular flexibility index (Phi) is 7.77. The number of hydrogen-bond donors (Lipinski definition) is 2. The minimum atomic E-state index is 0.631. The van der Waals surface area contributed by atoms with E-state index in [0.717, 1.165) is 32.0 Å². The summed E-state index contributed by atoms with van der Waals surface area (Å²) in [6.45, 7) is 8.84. The third-order valence-electron chi connectivity index (χ3n) is 5.67. The molecule has 1 aliphatic carbocycles. The molecule has 0 amide bonds. The first-order valence-electron chi connectivity index (χ1n) is 10.3. The first kappa shape index (κ1) is 19.2. The number of nitrogens with two attached hydrogens (primary N) is 1. The van der Waals surface area contributed by atoms with Crippen molar-refractivity contribution in [2.75, 3.05) is 45.8 Å². The van der Waals surface area contributed by atoms with E-state index in [1.807, 2.05) is 0 Å². The molecule has 2 fully saturated rings. The highest BCUT2D eigenvalue weighted by atomic mass is 15.3. The van der Waals surface area contributed by atoms with Crippen molar-refractivity contribution < 1.29 is 0 Å². The molecular weight excluding hydrogens is 322 g/mol. The maximum absolute atomic E-state index is 5.93. The molecule has 2 aliphatic rings. The van der Waals surface area contributed by atoms with Crippen LogP contribution in [0.15, 0.2) is 35.3 Å². The van der Waals surface area contributed by atoms with E-state index in [1.54, 1.807) is 0 Å². The average Bonchev–Trinajstić information content (AvgIpc) is 2.62. The SMILES string of the molecule is NC(=NCC1CCC1)NCCCCN1CCN(Cc2ccccc2)CC1. The molecule has 0 spiro atoms. The molecule has 0 bridgehead atoms. The maximum Gasteiger partial charge on any atom is 0.188 e. The van der Waals surface area contributed by atoms with Crippen LogP contribution in [0.3, 0.4) is 0 Å². The molecular formula is C21H35N5. The summed E-state index contributed by atoms with van der Waals surface area (Å²) in [4.78, 5) is 9.60. The van der Waals surface area contributed by atoms with Crippen molar-refractivity contribution in [3.8, 4) is 0 Å². The third-order valence-corrected chi connectivity index (χ3v) is 5.67. The molecule has 144 valence electrons. The maximum atomic E-state index is 5.93. The third kappa shape index (κ3) is 6.61. The van der Waals surface area contributed by atoms with Gasteiger partial charge < -0.3 is 16.0 Å². The summed E-state index contributed by atoms with van der Waals surface area (Å²) in [7, 11) is 0. The van der Waals surface area contributed by atoms with Gasteiger partial charge in [-0.2, -0.15) is 0 Å². The van der Waals surface area contributed by atoms with Crippen molar-refractivity contribution in [2.24, 2.45) is 16.6 Å². The second kappa shape index (κ2) is 10.5. The van der Waals surface area contributed by atoms with Crippen LogP contribution >= 0.6 is 0 Å².